The Balaban J connectivity index is 2.51. The van der Waals surface area contributed by atoms with Crippen LogP contribution in [-0.4, -0.2) is 15.8 Å². The van der Waals surface area contributed by atoms with Crippen molar-refractivity contribution in [1.29, 1.82) is 0 Å². The highest BCUT2D eigenvalue weighted by Gasteiger charge is 2.12. The van der Waals surface area contributed by atoms with Crippen LogP contribution in [0.5, 0.6) is 0 Å². The van der Waals surface area contributed by atoms with E-state index in [0.29, 0.717) is 17.8 Å². The van der Waals surface area contributed by atoms with Gasteiger partial charge >= 0.3 is 0 Å². The van der Waals surface area contributed by atoms with Crippen molar-refractivity contribution in [2.75, 3.05) is 5.32 Å². The Kier molecular flexibility index (Phi) is 5.92. The topological polar surface area (TPSA) is 85.1 Å². The summed E-state index contributed by atoms with van der Waals surface area (Å²) in [6.07, 6.45) is 5.77. The summed E-state index contributed by atoms with van der Waals surface area (Å²) in [7, 11) is 0. The lowest BCUT2D eigenvalue weighted by Crippen LogP contribution is -2.12. The number of amides is 1. The number of rotatable bonds is 7. The molecule has 1 N–H and O–H groups in total. The first-order valence-corrected chi connectivity index (χ1v) is 6.45. The van der Waals surface area contributed by atoms with Gasteiger partial charge in [-0.05, 0) is 19.4 Å². The van der Waals surface area contributed by atoms with Gasteiger partial charge in [-0.2, -0.15) is 0 Å². The second-order valence-corrected chi connectivity index (χ2v) is 4.47. The van der Waals surface area contributed by atoms with Crippen LogP contribution < -0.4 is 5.32 Å². The van der Waals surface area contributed by atoms with Crippen molar-refractivity contribution in [3.8, 4) is 0 Å². The van der Waals surface area contributed by atoms with Crippen LogP contribution in [0.1, 0.15) is 44.6 Å². The number of pyridine rings is 1. The van der Waals surface area contributed by atoms with Crippen LogP contribution in [0.25, 0.3) is 0 Å². The SMILES string of the molecule is CCCCCCC(=O)Nc1cc(C)c([N+](=O)[O-])cn1. The highest BCUT2D eigenvalue weighted by atomic mass is 16.6. The van der Waals surface area contributed by atoms with Gasteiger partial charge in [0.05, 0.1) is 4.92 Å². The summed E-state index contributed by atoms with van der Waals surface area (Å²) in [4.78, 5) is 25.6. The zero-order valence-corrected chi connectivity index (χ0v) is 11.3. The molecule has 0 radical (unpaired) electrons. The van der Waals surface area contributed by atoms with E-state index < -0.39 is 4.92 Å². The van der Waals surface area contributed by atoms with Crippen LogP contribution in [-0.2, 0) is 4.79 Å². The fraction of sp³-hybridized carbons (Fsp3) is 0.538. The lowest BCUT2D eigenvalue weighted by Gasteiger charge is -2.05. The van der Waals surface area contributed by atoms with Gasteiger partial charge in [-0.1, -0.05) is 26.2 Å². The average Bonchev–Trinajstić information content (AvgIpc) is 2.34. The molecule has 6 heteroatoms. The van der Waals surface area contributed by atoms with E-state index in [1.165, 1.54) is 12.3 Å². The molecule has 0 spiro atoms. The minimum absolute atomic E-state index is 0.0408. The molecule has 0 unspecified atom stereocenters. The standard InChI is InChI=1S/C13H19N3O3/c1-3-4-5-6-7-13(17)15-12-8-10(2)11(9-14-12)16(18)19/h8-9H,3-7H2,1-2H3,(H,14,15,17). The maximum absolute atomic E-state index is 11.6. The Labute approximate surface area is 112 Å². The second-order valence-electron chi connectivity index (χ2n) is 4.47. The zero-order valence-electron chi connectivity index (χ0n) is 11.3. The van der Waals surface area contributed by atoms with Gasteiger partial charge in [0, 0.05) is 12.0 Å². The number of anilines is 1. The molecule has 0 saturated heterocycles. The molecule has 1 heterocycles. The Morgan fingerprint density at radius 1 is 1.42 bits per heavy atom. The first kappa shape index (κ1) is 15.1. The minimum Gasteiger partial charge on any atom is -0.311 e. The predicted molar refractivity (Wildman–Crippen MR) is 73.0 cm³/mol. The van der Waals surface area contributed by atoms with Gasteiger partial charge in [0.25, 0.3) is 5.69 Å². The highest BCUT2D eigenvalue weighted by molar-refractivity contribution is 5.89. The number of carbonyl (C=O) groups is 1. The molecule has 0 bridgehead atoms. The summed E-state index contributed by atoms with van der Waals surface area (Å²) in [6.45, 7) is 3.74. The van der Waals surface area contributed by atoms with Crippen LogP contribution >= 0.6 is 0 Å². The van der Waals surface area contributed by atoms with Gasteiger partial charge in [0.2, 0.25) is 5.91 Å². The van der Waals surface area contributed by atoms with Crippen molar-refractivity contribution in [2.24, 2.45) is 0 Å². The quantitative estimate of drug-likeness (QED) is 0.466. The van der Waals surface area contributed by atoms with Crippen molar-refractivity contribution in [2.45, 2.75) is 46.0 Å². The van der Waals surface area contributed by atoms with Crippen molar-refractivity contribution < 1.29 is 9.72 Å². The molecular weight excluding hydrogens is 246 g/mol. The molecule has 1 rings (SSSR count). The van der Waals surface area contributed by atoms with E-state index in [1.807, 2.05) is 0 Å². The maximum Gasteiger partial charge on any atom is 0.290 e. The van der Waals surface area contributed by atoms with E-state index in [4.69, 9.17) is 0 Å². The van der Waals surface area contributed by atoms with Gasteiger partial charge in [-0.25, -0.2) is 4.98 Å². The summed E-state index contributed by atoms with van der Waals surface area (Å²) in [5, 5.41) is 13.3. The second kappa shape index (κ2) is 7.45. The maximum atomic E-state index is 11.6. The summed E-state index contributed by atoms with van der Waals surface area (Å²) < 4.78 is 0. The number of carbonyl (C=O) groups excluding carboxylic acids is 1. The molecule has 0 fully saturated rings. The predicted octanol–water partition coefficient (Wildman–Crippen LogP) is 3.21. The monoisotopic (exact) mass is 265 g/mol. The number of nitrogens with zero attached hydrogens (tertiary/aromatic N) is 2. The number of aromatic nitrogens is 1. The summed E-state index contributed by atoms with van der Waals surface area (Å²) in [6, 6.07) is 1.52. The summed E-state index contributed by atoms with van der Waals surface area (Å²) >= 11 is 0. The van der Waals surface area contributed by atoms with Gasteiger partial charge in [0.1, 0.15) is 12.0 Å². The van der Waals surface area contributed by atoms with Crippen LogP contribution in [0.4, 0.5) is 11.5 Å². The van der Waals surface area contributed by atoms with Gasteiger partial charge < -0.3 is 5.32 Å². The summed E-state index contributed by atoms with van der Waals surface area (Å²) in [5.74, 6) is 0.264. The van der Waals surface area contributed by atoms with E-state index in [1.54, 1.807) is 6.92 Å². The molecule has 1 aromatic heterocycles. The lowest BCUT2D eigenvalue weighted by atomic mass is 10.1. The molecule has 0 atom stereocenters. The van der Waals surface area contributed by atoms with Gasteiger partial charge in [-0.3, -0.25) is 14.9 Å². The Morgan fingerprint density at radius 3 is 2.74 bits per heavy atom. The molecule has 1 aromatic rings. The number of nitro groups is 1. The number of aryl methyl sites for hydroxylation is 1. The van der Waals surface area contributed by atoms with E-state index in [-0.39, 0.29) is 11.6 Å². The van der Waals surface area contributed by atoms with Crippen molar-refractivity contribution in [1.82, 2.24) is 4.98 Å². The van der Waals surface area contributed by atoms with E-state index in [0.717, 1.165) is 25.7 Å². The first-order valence-electron chi connectivity index (χ1n) is 6.45. The molecule has 0 aliphatic carbocycles. The Hall–Kier alpha value is -1.98. The van der Waals surface area contributed by atoms with Crippen LogP contribution in [0.15, 0.2) is 12.3 Å². The summed E-state index contributed by atoms with van der Waals surface area (Å²) in [5.41, 5.74) is 0.447. The van der Waals surface area contributed by atoms with Crippen molar-refractivity contribution >= 4 is 17.4 Å². The normalized spacial score (nSPS) is 10.2. The molecule has 0 aliphatic heterocycles. The molecular formula is C13H19N3O3. The third-order valence-electron chi connectivity index (χ3n) is 2.80. The molecule has 0 saturated carbocycles. The lowest BCUT2D eigenvalue weighted by molar-refractivity contribution is -0.385. The largest absolute Gasteiger partial charge is 0.311 e. The first-order chi connectivity index (χ1) is 9.04. The van der Waals surface area contributed by atoms with Gasteiger partial charge in [-0.15, -0.1) is 0 Å². The Bertz CT molecular complexity index is 460. The molecule has 6 nitrogen and oxygen atoms in total. The fourth-order valence-electron chi connectivity index (χ4n) is 1.73. The average molecular weight is 265 g/mol. The number of unbranched alkanes of at least 4 members (excludes halogenated alkanes) is 3. The minimum atomic E-state index is -0.487. The molecule has 19 heavy (non-hydrogen) atoms. The number of hydrogen-bond acceptors (Lipinski definition) is 4. The molecule has 1 amide bonds. The van der Waals surface area contributed by atoms with Crippen LogP contribution in [0, 0.1) is 17.0 Å². The molecule has 0 aromatic carbocycles. The molecule has 104 valence electrons. The van der Waals surface area contributed by atoms with E-state index in [2.05, 4.69) is 17.2 Å². The van der Waals surface area contributed by atoms with Crippen molar-refractivity contribution in [3.63, 3.8) is 0 Å². The fourth-order valence-corrected chi connectivity index (χ4v) is 1.73. The number of nitrogens with one attached hydrogen (secondary N) is 1. The number of hydrogen-bond donors (Lipinski definition) is 1. The van der Waals surface area contributed by atoms with Crippen molar-refractivity contribution in [3.05, 3.63) is 27.9 Å². The van der Waals surface area contributed by atoms with Crippen LogP contribution in [0.2, 0.25) is 0 Å². The third kappa shape index (κ3) is 5.03. The Morgan fingerprint density at radius 2 is 2.16 bits per heavy atom. The third-order valence-corrected chi connectivity index (χ3v) is 2.80. The van der Waals surface area contributed by atoms with Gasteiger partial charge in [0.15, 0.2) is 0 Å². The van der Waals surface area contributed by atoms with Crippen LogP contribution in [0.3, 0.4) is 0 Å². The van der Waals surface area contributed by atoms with E-state index >= 15 is 0 Å². The smallest absolute Gasteiger partial charge is 0.290 e. The zero-order chi connectivity index (χ0) is 14.3. The van der Waals surface area contributed by atoms with E-state index in [9.17, 15) is 14.9 Å². The molecule has 0 aliphatic rings. The highest BCUT2D eigenvalue weighted by Crippen LogP contribution is 2.19.